The number of amides is 1. The number of para-hydroxylation sites is 2. The van der Waals surface area contributed by atoms with Crippen molar-refractivity contribution in [2.45, 2.75) is 26.9 Å². The summed E-state index contributed by atoms with van der Waals surface area (Å²) >= 11 is 0. The lowest BCUT2D eigenvalue weighted by molar-refractivity contribution is -0.123. The lowest BCUT2D eigenvalue weighted by Gasteiger charge is -2.16. The second kappa shape index (κ2) is 8.89. The molecule has 0 aliphatic carbocycles. The normalized spacial score (nSPS) is 11.4. The Balaban J connectivity index is 2.08. The van der Waals surface area contributed by atoms with Gasteiger partial charge in [-0.15, -0.1) is 0 Å². The van der Waals surface area contributed by atoms with Crippen molar-refractivity contribution < 1.29 is 23.8 Å². The molecule has 0 aliphatic heterocycles. The van der Waals surface area contributed by atoms with E-state index in [9.17, 15) is 9.59 Å². The molecule has 2 aromatic carbocycles. The first-order valence-corrected chi connectivity index (χ1v) is 8.34. The first-order valence-electron chi connectivity index (χ1n) is 8.34. The maximum absolute atomic E-state index is 12.4. The number of anilines is 1. The monoisotopic (exact) mass is 357 g/mol. The van der Waals surface area contributed by atoms with Crippen molar-refractivity contribution >= 4 is 17.6 Å². The summed E-state index contributed by atoms with van der Waals surface area (Å²) in [6, 6.07) is 12.3. The number of hydrogen-bond acceptors (Lipinski definition) is 5. The Kier molecular flexibility index (Phi) is 6.60. The second-order valence-electron chi connectivity index (χ2n) is 5.67. The molecule has 6 nitrogen and oxygen atoms in total. The lowest BCUT2D eigenvalue weighted by atomic mass is 10.1. The number of esters is 1. The lowest BCUT2D eigenvalue weighted by Crippen LogP contribution is -2.30. The molecule has 1 atom stereocenters. The number of hydrogen-bond donors (Lipinski definition) is 1. The summed E-state index contributed by atoms with van der Waals surface area (Å²) < 4.78 is 16.0. The smallest absolute Gasteiger partial charge is 0.342 e. The van der Waals surface area contributed by atoms with E-state index < -0.39 is 18.0 Å². The van der Waals surface area contributed by atoms with Crippen LogP contribution in [0, 0.1) is 6.92 Å². The molecule has 0 fully saturated rings. The third-order valence-corrected chi connectivity index (χ3v) is 3.67. The molecular formula is C20H23NO5. The predicted molar refractivity (Wildman–Crippen MR) is 98.8 cm³/mol. The Morgan fingerprint density at radius 1 is 1.12 bits per heavy atom. The van der Waals surface area contributed by atoms with Gasteiger partial charge in [-0.3, -0.25) is 4.79 Å². The van der Waals surface area contributed by atoms with E-state index >= 15 is 0 Å². The fraction of sp³-hybridized carbons (Fsp3) is 0.300. The molecule has 0 aliphatic rings. The van der Waals surface area contributed by atoms with Crippen LogP contribution in [0.3, 0.4) is 0 Å². The van der Waals surface area contributed by atoms with E-state index in [4.69, 9.17) is 14.2 Å². The zero-order valence-electron chi connectivity index (χ0n) is 15.4. The highest BCUT2D eigenvalue weighted by molar-refractivity contribution is 5.99. The number of carbonyl (C=O) groups is 2. The molecule has 2 aromatic rings. The molecule has 2 rings (SSSR count). The van der Waals surface area contributed by atoms with Crippen molar-refractivity contribution in [1.29, 1.82) is 0 Å². The van der Waals surface area contributed by atoms with Crippen molar-refractivity contribution in [2.24, 2.45) is 0 Å². The van der Waals surface area contributed by atoms with Gasteiger partial charge in [0, 0.05) is 0 Å². The van der Waals surface area contributed by atoms with Crippen molar-refractivity contribution in [3.05, 3.63) is 53.6 Å². The maximum atomic E-state index is 12.4. The Bertz CT molecular complexity index is 788. The van der Waals surface area contributed by atoms with Crippen LogP contribution in [-0.2, 0) is 9.53 Å². The molecule has 0 aromatic heterocycles. The molecule has 138 valence electrons. The van der Waals surface area contributed by atoms with Gasteiger partial charge in [-0.1, -0.05) is 23.8 Å². The Labute approximate surface area is 153 Å². The van der Waals surface area contributed by atoms with Crippen LogP contribution in [0.4, 0.5) is 5.69 Å². The summed E-state index contributed by atoms with van der Waals surface area (Å²) in [6.07, 6.45) is -0.984. The summed E-state index contributed by atoms with van der Waals surface area (Å²) in [5, 5.41) is 2.72. The number of carbonyl (C=O) groups excluding carboxylic acids is 2. The first kappa shape index (κ1) is 19.3. The number of methoxy groups -OCH3 is 1. The third kappa shape index (κ3) is 4.75. The van der Waals surface area contributed by atoms with E-state index in [-0.39, 0.29) is 5.56 Å². The van der Waals surface area contributed by atoms with Gasteiger partial charge in [-0.05, 0) is 45.0 Å². The van der Waals surface area contributed by atoms with Crippen LogP contribution in [0.1, 0.15) is 29.8 Å². The molecule has 0 saturated heterocycles. The summed E-state index contributed by atoms with van der Waals surface area (Å²) in [7, 11) is 1.47. The van der Waals surface area contributed by atoms with Crippen molar-refractivity contribution in [3.8, 4) is 11.5 Å². The second-order valence-corrected chi connectivity index (χ2v) is 5.67. The van der Waals surface area contributed by atoms with Crippen molar-refractivity contribution in [1.82, 2.24) is 0 Å². The van der Waals surface area contributed by atoms with Crippen LogP contribution in [0.2, 0.25) is 0 Å². The first-order chi connectivity index (χ1) is 12.5. The maximum Gasteiger partial charge on any atom is 0.342 e. The molecule has 0 spiro atoms. The van der Waals surface area contributed by atoms with Gasteiger partial charge in [-0.25, -0.2) is 4.79 Å². The minimum absolute atomic E-state index is 0.280. The molecule has 0 radical (unpaired) electrons. The van der Waals surface area contributed by atoms with E-state index in [0.717, 1.165) is 5.56 Å². The van der Waals surface area contributed by atoms with Gasteiger partial charge in [0.1, 0.15) is 17.1 Å². The molecule has 0 bridgehead atoms. The fourth-order valence-corrected chi connectivity index (χ4v) is 2.34. The minimum atomic E-state index is -0.984. The van der Waals surface area contributed by atoms with E-state index in [2.05, 4.69) is 5.32 Å². The fourth-order valence-electron chi connectivity index (χ4n) is 2.34. The Hall–Kier alpha value is -3.02. The number of benzene rings is 2. The average Bonchev–Trinajstić information content (AvgIpc) is 2.63. The van der Waals surface area contributed by atoms with E-state index in [1.807, 2.05) is 26.0 Å². The van der Waals surface area contributed by atoms with Gasteiger partial charge >= 0.3 is 5.97 Å². The van der Waals surface area contributed by atoms with Crippen LogP contribution in [0.5, 0.6) is 11.5 Å². The zero-order chi connectivity index (χ0) is 19.1. The highest BCUT2D eigenvalue weighted by Gasteiger charge is 2.22. The number of nitrogens with one attached hydrogen (secondary N) is 1. The van der Waals surface area contributed by atoms with Gasteiger partial charge < -0.3 is 19.5 Å². The van der Waals surface area contributed by atoms with Crippen LogP contribution in [-0.4, -0.2) is 31.7 Å². The van der Waals surface area contributed by atoms with Gasteiger partial charge in [0.05, 0.1) is 19.4 Å². The number of rotatable bonds is 7. The summed E-state index contributed by atoms with van der Waals surface area (Å²) in [6.45, 7) is 5.71. The third-order valence-electron chi connectivity index (χ3n) is 3.67. The molecule has 0 saturated carbocycles. The molecule has 26 heavy (non-hydrogen) atoms. The van der Waals surface area contributed by atoms with Gasteiger partial charge in [0.2, 0.25) is 0 Å². The van der Waals surface area contributed by atoms with Crippen LogP contribution in [0.15, 0.2) is 42.5 Å². The van der Waals surface area contributed by atoms with E-state index in [0.29, 0.717) is 23.8 Å². The zero-order valence-corrected chi connectivity index (χ0v) is 15.4. The largest absolute Gasteiger partial charge is 0.496 e. The van der Waals surface area contributed by atoms with Crippen molar-refractivity contribution in [2.75, 3.05) is 19.0 Å². The topological polar surface area (TPSA) is 73.9 Å². The van der Waals surface area contributed by atoms with Crippen LogP contribution >= 0.6 is 0 Å². The number of aryl methyl sites for hydroxylation is 1. The minimum Gasteiger partial charge on any atom is -0.496 e. The average molecular weight is 357 g/mol. The predicted octanol–water partition coefficient (Wildman–Crippen LogP) is 3.59. The SMILES string of the molecule is CCOc1ccccc1NC(=O)[C@H](C)OC(=O)c1cc(C)ccc1OC. The van der Waals surface area contributed by atoms with E-state index in [1.54, 1.807) is 30.3 Å². The van der Waals surface area contributed by atoms with Crippen LogP contribution < -0.4 is 14.8 Å². The van der Waals surface area contributed by atoms with E-state index in [1.165, 1.54) is 14.0 Å². The molecule has 1 amide bonds. The quantitative estimate of drug-likeness (QED) is 0.767. The summed E-state index contributed by atoms with van der Waals surface area (Å²) in [5.41, 5.74) is 1.69. The Morgan fingerprint density at radius 2 is 1.85 bits per heavy atom. The van der Waals surface area contributed by atoms with Gasteiger partial charge in [-0.2, -0.15) is 0 Å². The molecule has 6 heteroatoms. The van der Waals surface area contributed by atoms with Gasteiger partial charge in [0.15, 0.2) is 6.10 Å². The summed E-state index contributed by atoms with van der Waals surface area (Å²) in [4.78, 5) is 24.8. The molecule has 0 unspecified atom stereocenters. The Morgan fingerprint density at radius 3 is 2.54 bits per heavy atom. The standard InChI is InChI=1S/C20H23NO5/c1-5-25-18-9-7-6-8-16(18)21-19(22)14(3)26-20(23)15-12-13(2)10-11-17(15)24-4/h6-12,14H,5H2,1-4H3,(H,21,22)/t14-/m0/s1. The highest BCUT2D eigenvalue weighted by atomic mass is 16.5. The van der Waals surface area contributed by atoms with Gasteiger partial charge in [0.25, 0.3) is 5.91 Å². The van der Waals surface area contributed by atoms with Crippen LogP contribution in [0.25, 0.3) is 0 Å². The molecule has 0 heterocycles. The van der Waals surface area contributed by atoms with Crippen molar-refractivity contribution in [3.63, 3.8) is 0 Å². The molecular weight excluding hydrogens is 334 g/mol. The summed E-state index contributed by atoms with van der Waals surface area (Å²) in [5.74, 6) is -0.111. The number of ether oxygens (including phenoxy) is 3. The molecule has 1 N–H and O–H groups in total. The highest BCUT2D eigenvalue weighted by Crippen LogP contribution is 2.24.